The molecule has 0 saturated heterocycles. The average Bonchev–Trinajstić information content (AvgIpc) is 2.87. The number of aryl methyl sites for hydroxylation is 2. The Morgan fingerprint density at radius 1 is 1.22 bits per heavy atom. The number of nitrogens with one attached hydrogen (secondary N) is 3. The Labute approximate surface area is 183 Å². The summed E-state index contributed by atoms with van der Waals surface area (Å²) in [6.07, 6.45) is 1.67. The molecule has 0 radical (unpaired) electrons. The number of sulfone groups is 1. The summed E-state index contributed by atoms with van der Waals surface area (Å²) in [5, 5.41) is 6.09. The summed E-state index contributed by atoms with van der Waals surface area (Å²) in [7, 11) is -4.94. The van der Waals surface area contributed by atoms with E-state index in [2.05, 4.69) is 20.3 Å². The summed E-state index contributed by atoms with van der Waals surface area (Å²) in [6.45, 7) is 6.07. The van der Waals surface area contributed by atoms with Crippen LogP contribution in [0.25, 0.3) is 0 Å². The van der Waals surface area contributed by atoms with Gasteiger partial charge in [-0.15, -0.1) is 35.3 Å². The van der Waals surface area contributed by atoms with E-state index in [1.165, 1.54) is 17.6 Å². The van der Waals surface area contributed by atoms with Crippen molar-refractivity contribution < 1.29 is 16.8 Å². The molecule has 27 heavy (non-hydrogen) atoms. The first-order valence-electron chi connectivity index (χ1n) is 8.16. The van der Waals surface area contributed by atoms with Crippen molar-refractivity contribution in [1.29, 1.82) is 0 Å². The normalized spacial score (nSPS) is 13.7. The Balaban J connectivity index is 0.00000676. The van der Waals surface area contributed by atoms with Gasteiger partial charge in [0.2, 0.25) is 10.0 Å². The Kier molecular flexibility index (Phi) is 11.3. The number of sulfonamides is 1. The Morgan fingerprint density at radius 2 is 1.85 bits per heavy atom. The zero-order valence-electron chi connectivity index (χ0n) is 16.2. The van der Waals surface area contributed by atoms with Crippen molar-refractivity contribution in [3.05, 3.63) is 15.8 Å². The first kappa shape index (κ1) is 26.6. The van der Waals surface area contributed by atoms with E-state index in [1.807, 2.05) is 13.8 Å². The second-order valence-corrected chi connectivity index (χ2v) is 11.6. The van der Waals surface area contributed by atoms with Crippen LogP contribution in [0, 0.1) is 13.8 Å². The third-order valence-corrected chi connectivity index (χ3v) is 7.18. The highest BCUT2D eigenvalue weighted by molar-refractivity contribution is 14.0. The molecular formula is C15H29IN4O4S3. The van der Waals surface area contributed by atoms with E-state index in [9.17, 15) is 16.8 Å². The average molecular weight is 553 g/mol. The SMILES string of the molecule is CN=C(NCCNS(=O)(=O)c1cc(C)sc1C)NC(C)CCS(C)(=O)=O.I. The second kappa shape index (κ2) is 11.5. The number of hydrogen-bond donors (Lipinski definition) is 3. The van der Waals surface area contributed by atoms with Crippen molar-refractivity contribution in [3.8, 4) is 0 Å². The first-order valence-corrected chi connectivity index (χ1v) is 12.5. The van der Waals surface area contributed by atoms with Gasteiger partial charge in [0, 0.05) is 42.2 Å². The van der Waals surface area contributed by atoms with Crippen molar-refractivity contribution in [2.45, 2.75) is 38.1 Å². The quantitative estimate of drug-likeness (QED) is 0.184. The van der Waals surface area contributed by atoms with Crippen molar-refractivity contribution in [1.82, 2.24) is 15.4 Å². The van der Waals surface area contributed by atoms with Gasteiger partial charge in [0.1, 0.15) is 9.84 Å². The number of guanidine groups is 1. The van der Waals surface area contributed by atoms with Crippen LogP contribution < -0.4 is 15.4 Å². The molecule has 0 saturated carbocycles. The molecule has 0 bridgehead atoms. The van der Waals surface area contributed by atoms with Crippen LogP contribution in [-0.4, -0.2) is 61.0 Å². The monoisotopic (exact) mass is 552 g/mol. The molecule has 0 amide bonds. The van der Waals surface area contributed by atoms with Crippen LogP contribution >= 0.6 is 35.3 Å². The highest BCUT2D eigenvalue weighted by Gasteiger charge is 2.18. The summed E-state index contributed by atoms with van der Waals surface area (Å²) in [6, 6.07) is 1.59. The smallest absolute Gasteiger partial charge is 0.241 e. The number of rotatable bonds is 9. The predicted octanol–water partition coefficient (Wildman–Crippen LogP) is 1.25. The summed E-state index contributed by atoms with van der Waals surface area (Å²) in [5.41, 5.74) is 0. The molecule has 0 fully saturated rings. The first-order chi connectivity index (χ1) is 11.9. The van der Waals surface area contributed by atoms with E-state index in [0.717, 1.165) is 9.75 Å². The molecule has 1 unspecified atom stereocenters. The summed E-state index contributed by atoms with van der Waals surface area (Å²) in [5.74, 6) is 0.588. The molecule has 3 N–H and O–H groups in total. The maximum Gasteiger partial charge on any atom is 0.241 e. The minimum absolute atomic E-state index is 0. The largest absolute Gasteiger partial charge is 0.355 e. The molecule has 1 rings (SSSR count). The summed E-state index contributed by atoms with van der Waals surface area (Å²) in [4.78, 5) is 6.08. The van der Waals surface area contributed by atoms with Crippen LogP contribution in [0.4, 0.5) is 0 Å². The molecule has 0 aliphatic heterocycles. The van der Waals surface area contributed by atoms with Gasteiger partial charge in [-0.2, -0.15) is 0 Å². The van der Waals surface area contributed by atoms with Gasteiger partial charge in [0.25, 0.3) is 0 Å². The maximum atomic E-state index is 12.3. The van der Waals surface area contributed by atoms with Gasteiger partial charge in [-0.1, -0.05) is 0 Å². The summed E-state index contributed by atoms with van der Waals surface area (Å²) < 4.78 is 49.6. The third-order valence-electron chi connectivity index (χ3n) is 3.52. The Morgan fingerprint density at radius 3 is 2.33 bits per heavy atom. The third kappa shape index (κ3) is 10.1. The van der Waals surface area contributed by atoms with Crippen LogP contribution in [0.5, 0.6) is 0 Å². The molecule has 1 heterocycles. The number of halogens is 1. The van der Waals surface area contributed by atoms with Gasteiger partial charge >= 0.3 is 0 Å². The Bertz CT molecular complexity index is 835. The van der Waals surface area contributed by atoms with Crippen LogP contribution in [0.15, 0.2) is 16.0 Å². The number of nitrogens with zero attached hydrogens (tertiary/aromatic N) is 1. The van der Waals surface area contributed by atoms with E-state index in [0.29, 0.717) is 23.8 Å². The number of hydrogen-bond acceptors (Lipinski definition) is 6. The highest BCUT2D eigenvalue weighted by Crippen LogP contribution is 2.24. The van der Waals surface area contributed by atoms with Gasteiger partial charge in [0.05, 0.1) is 10.6 Å². The molecule has 0 aliphatic rings. The topological polar surface area (TPSA) is 117 Å². The van der Waals surface area contributed by atoms with E-state index in [1.54, 1.807) is 20.0 Å². The van der Waals surface area contributed by atoms with Crippen molar-refractivity contribution in [2.24, 2.45) is 4.99 Å². The van der Waals surface area contributed by atoms with E-state index in [4.69, 9.17) is 0 Å². The molecule has 0 aliphatic carbocycles. The number of aliphatic imine (C=N–C) groups is 1. The van der Waals surface area contributed by atoms with E-state index < -0.39 is 19.9 Å². The second-order valence-electron chi connectivity index (χ2n) is 6.14. The zero-order valence-corrected chi connectivity index (χ0v) is 21.0. The molecule has 0 spiro atoms. The molecule has 1 aromatic rings. The van der Waals surface area contributed by atoms with Crippen LogP contribution in [0.3, 0.4) is 0 Å². The zero-order chi connectivity index (χ0) is 20.0. The lowest BCUT2D eigenvalue weighted by Crippen LogP contribution is -2.45. The van der Waals surface area contributed by atoms with Crippen molar-refractivity contribution >= 4 is 61.1 Å². The lowest BCUT2D eigenvalue weighted by Gasteiger charge is -2.17. The van der Waals surface area contributed by atoms with Crippen molar-refractivity contribution in [3.63, 3.8) is 0 Å². The minimum atomic E-state index is -3.53. The molecule has 0 aromatic carbocycles. The van der Waals surface area contributed by atoms with Gasteiger partial charge in [-0.25, -0.2) is 21.6 Å². The van der Waals surface area contributed by atoms with Gasteiger partial charge < -0.3 is 10.6 Å². The molecule has 8 nitrogen and oxygen atoms in total. The van der Waals surface area contributed by atoms with Gasteiger partial charge in [0.15, 0.2) is 5.96 Å². The lowest BCUT2D eigenvalue weighted by molar-refractivity contribution is 0.577. The number of thiophene rings is 1. The van der Waals surface area contributed by atoms with Crippen LogP contribution in [0.2, 0.25) is 0 Å². The fraction of sp³-hybridized carbons (Fsp3) is 0.667. The van der Waals surface area contributed by atoms with Crippen molar-refractivity contribution in [2.75, 3.05) is 32.1 Å². The van der Waals surface area contributed by atoms with E-state index in [-0.39, 0.29) is 42.3 Å². The van der Waals surface area contributed by atoms with E-state index >= 15 is 0 Å². The highest BCUT2D eigenvalue weighted by atomic mass is 127. The standard InChI is InChI=1S/C15H28N4O4S3.HI/c1-11(6-9-25(5,20)21)19-15(16-4)17-7-8-18-26(22,23)14-10-12(2)24-13(14)3;/h10-11,18H,6-9H2,1-5H3,(H2,16,17,19);1H. The lowest BCUT2D eigenvalue weighted by atomic mass is 10.3. The molecular weight excluding hydrogens is 523 g/mol. The molecule has 1 aromatic heterocycles. The predicted molar refractivity (Wildman–Crippen MR) is 123 cm³/mol. The minimum Gasteiger partial charge on any atom is -0.355 e. The van der Waals surface area contributed by atoms with Crippen LogP contribution in [-0.2, 0) is 19.9 Å². The van der Waals surface area contributed by atoms with Gasteiger partial charge in [-0.05, 0) is 33.3 Å². The summed E-state index contributed by atoms with van der Waals surface area (Å²) >= 11 is 1.45. The molecule has 12 heteroatoms. The van der Waals surface area contributed by atoms with Crippen LogP contribution in [0.1, 0.15) is 23.1 Å². The Hall–Kier alpha value is -0.440. The molecule has 158 valence electrons. The maximum absolute atomic E-state index is 12.3. The molecule has 1 atom stereocenters. The van der Waals surface area contributed by atoms with Gasteiger partial charge in [-0.3, -0.25) is 4.99 Å². The fourth-order valence-corrected chi connectivity index (χ4v) is 5.58. The fourth-order valence-electron chi connectivity index (χ4n) is 2.21.